The first-order valence-electron chi connectivity index (χ1n) is 4.06. The fourth-order valence-electron chi connectivity index (χ4n) is 0.610. The van der Waals surface area contributed by atoms with Crippen molar-refractivity contribution in [3.63, 3.8) is 0 Å². The summed E-state index contributed by atoms with van der Waals surface area (Å²) in [6.07, 6.45) is -0.772. The molecule has 0 aliphatic carbocycles. The molecule has 1 atom stereocenters. The minimum atomic E-state index is -4.00. The molecule has 94 valence electrons. The molecule has 0 aromatic carbocycles. The van der Waals surface area contributed by atoms with E-state index in [1.807, 2.05) is 0 Å². The third-order valence-corrected chi connectivity index (χ3v) is 3.25. The highest BCUT2D eigenvalue weighted by atomic mass is 35.5. The van der Waals surface area contributed by atoms with Crippen molar-refractivity contribution in [1.82, 2.24) is 0 Å². The highest BCUT2D eigenvalue weighted by molar-refractivity contribution is 7.50. The van der Waals surface area contributed by atoms with E-state index in [2.05, 4.69) is 14.7 Å². The predicted molar refractivity (Wildman–Crippen MR) is 57.8 cm³/mol. The number of halogens is 2. The van der Waals surface area contributed by atoms with Crippen LogP contribution in [0.25, 0.3) is 0 Å². The molecule has 0 fully saturated rings. The van der Waals surface area contributed by atoms with Crippen molar-refractivity contribution >= 4 is 37.5 Å². The molecule has 0 spiro atoms. The minimum absolute atomic E-state index is 0.170. The van der Waals surface area contributed by atoms with E-state index in [9.17, 15) is 9.36 Å². The topological polar surface area (TPSA) is 71.1 Å². The third kappa shape index (κ3) is 5.84. The normalized spacial score (nSPS) is 13.2. The summed E-state index contributed by atoms with van der Waals surface area (Å²) in [5.41, 5.74) is 0.234. The Hall–Kier alpha value is -0.100. The van der Waals surface area contributed by atoms with Gasteiger partial charge in [-0.2, -0.15) is 8.15 Å². The zero-order chi connectivity index (χ0) is 12.8. The quantitative estimate of drug-likeness (QED) is 0.408. The van der Waals surface area contributed by atoms with Crippen molar-refractivity contribution < 1.29 is 26.8 Å². The van der Waals surface area contributed by atoms with E-state index in [4.69, 9.17) is 33.0 Å². The molecule has 0 aromatic rings. The van der Waals surface area contributed by atoms with Gasteiger partial charge < -0.3 is 4.74 Å². The predicted octanol–water partition coefficient (Wildman–Crippen LogP) is 2.96. The van der Waals surface area contributed by atoms with E-state index in [0.717, 1.165) is 0 Å². The Bertz CT molecular complexity index is 299. The first-order chi connectivity index (χ1) is 7.34. The average molecular weight is 293 g/mol. The second-order valence-corrected chi connectivity index (χ2v) is 5.09. The van der Waals surface area contributed by atoms with E-state index in [1.165, 1.54) is 13.8 Å². The summed E-state index contributed by atoms with van der Waals surface area (Å²) >= 11 is 9.69. The highest BCUT2D eigenvalue weighted by Gasteiger charge is 2.30. The van der Waals surface area contributed by atoms with E-state index in [0.29, 0.717) is 0 Å². The first kappa shape index (κ1) is 15.9. The number of hydrogen-bond donors (Lipinski definition) is 0. The molecule has 0 heterocycles. The maximum atomic E-state index is 11.3. The SMILES string of the molecule is C=C(C)C(=O)OCC(C)OP(=O)(OCl)OCl. The van der Waals surface area contributed by atoms with Crippen molar-refractivity contribution in [2.24, 2.45) is 0 Å². The summed E-state index contributed by atoms with van der Waals surface area (Å²) in [5, 5.41) is 0. The Morgan fingerprint density at radius 1 is 1.44 bits per heavy atom. The van der Waals surface area contributed by atoms with Crippen molar-refractivity contribution in [3.05, 3.63) is 12.2 Å². The van der Waals surface area contributed by atoms with Crippen LogP contribution in [-0.4, -0.2) is 18.7 Å². The number of carbonyl (C=O) groups is 1. The van der Waals surface area contributed by atoms with Crippen molar-refractivity contribution in [2.45, 2.75) is 20.0 Å². The van der Waals surface area contributed by atoms with E-state index < -0.39 is 19.9 Å². The molecule has 0 rings (SSSR count). The van der Waals surface area contributed by atoms with Crippen molar-refractivity contribution in [1.29, 1.82) is 0 Å². The van der Waals surface area contributed by atoms with Crippen molar-refractivity contribution in [3.8, 4) is 0 Å². The Kier molecular flexibility index (Phi) is 7.22. The maximum Gasteiger partial charge on any atom is 0.508 e. The first-order valence-corrected chi connectivity index (χ1v) is 6.14. The highest BCUT2D eigenvalue weighted by Crippen LogP contribution is 2.52. The van der Waals surface area contributed by atoms with Gasteiger partial charge in [-0.3, -0.25) is 4.52 Å². The van der Waals surface area contributed by atoms with Gasteiger partial charge in [-0.15, -0.1) is 0 Å². The maximum absolute atomic E-state index is 11.3. The average Bonchev–Trinajstić information content (AvgIpc) is 2.25. The molecule has 16 heavy (non-hydrogen) atoms. The smallest absolute Gasteiger partial charge is 0.460 e. The van der Waals surface area contributed by atoms with Crippen LogP contribution >= 0.6 is 31.6 Å². The van der Waals surface area contributed by atoms with Crippen LogP contribution in [0.15, 0.2) is 12.2 Å². The Morgan fingerprint density at radius 2 is 1.94 bits per heavy atom. The van der Waals surface area contributed by atoms with Crippen molar-refractivity contribution in [2.75, 3.05) is 6.61 Å². The monoisotopic (exact) mass is 292 g/mol. The lowest BCUT2D eigenvalue weighted by molar-refractivity contribution is -0.141. The largest absolute Gasteiger partial charge is 0.508 e. The Labute approximate surface area is 103 Å². The van der Waals surface area contributed by atoms with Crippen LogP contribution in [0.4, 0.5) is 0 Å². The molecular formula is C7H11Cl2O6P. The van der Waals surface area contributed by atoms with Gasteiger partial charge in [0.15, 0.2) is 0 Å². The fourth-order valence-corrected chi connectivity index (χ4v) is 1.65. The third-order valence-electron chi connectivity index (χ3n) is 1.28. The van der Waals surface area contributed by atoms with Gasteiger partial charge >= 0.3 is 13.8 Å². The summed E-state index contributed by atoms with van der Waals surface area (Å²) < 4.78 is 28.5. The van der Waals surface area contributed by atoms with Crippen LogP contribution in [0.5, 0.6) is 0 Å². The lowest BCUT2D eigenvalue weighted by Crippen LogP contribution is -2.18. The summed E-state index contributed by atoms with van der Waals surface area (Å²) in [6.45, 7) is 6.16. The number of carbonyl (C=O) groups excluding carboxylic acids is 1. The van der Waals surface area contributed by atoms with Crippen LogP contribution in [0.2, 0.25) is 0 Å². The van der Waals surface area contributed by atoms with Gasteiger partial charge in [-0.25, -0.2) is 9.36 Å². The molecule has 0 amide bonds. The van der Waals surface area contributed by atoms with Gasteiger partial charge in [0.25, 0.3) is 0 Å². The van der Waals surface area contributed by atoms with Gasteiger partial charge in [-0.05, 0) is 13.8 Å². The van der Waals surface area contributed by atoms with Crippen LogP contribution < -0.4 is 0 Å². The number of hydrogen-bond acceptors (Lipinski definition) is 6. The van der Waals surface area contributed by atoms with Crippen LogP contribution in [0.1, 0.15) is 13.8 Å². The Balaban J connectivity index is 4.09. The fraction of sp³-hybridized carbons (Fsp3) is 0.571. The molecule has 0 N–H and O–H groups in total. The molecule has 6 nitrogen and oxygen atoms in total. The molecule has 0 aromatic heterocycles. The lowest BCUT2D eigenvalue weighted by atomic mass is 10.3. The second-order valence-electron chi connectivity index (χ2n) is 2.88. The second kappa shape index (κ2) is 7.27. The summed E-state index contributed by atoms with van der Waals surface area (Å²) in [5.74, 6) is -0.594. The zero-order valence-electron chi connectivity index (χ0n) is 8.64. The van der Waals surface area contributed by atoms with Gasteiger partial charge in [0, 0.05) is 5.57 Å². The number of rotatable bonds is 7. The standard InChI is InChI=1S/C7H11Cl2O6P/c1-5(2)7(10)12-4-6(3)13-16(11,14-8)15-9/h6H,1,4H2,2-3H3. The molecular weight excluding hydrogens is 282 g/mol. The lowest BCUT2D eigenvalue weighted by Gasteiger charge is -2.16. The van der Waals surface area contributed by atoms with Crippen LogP contribution in [0.3, 0.4) is 0 Å². The van der Waals surface area contributed by atoms with Gasteiger partial charge in [-0.1, -0.05) is 6.58 Å². The summed E-state index contributed by atoms with van der Waals surface area (Å²) in [6, 6.07) is 0. The molecule has 1 unspecified atom stereocenters. The van der Waals surface area contributed by atoms with E-state index in [-0.39, 0.29) is 12.2 Å². The van der Waals surface area contributed by atoms with E-state index in [1.54, 1.807) is 0 Å². The molecule has 0 saturated carbocycles. The van der Waals surface area contributed by atoms with Crippen LogP contribution in [-0.2, 0) is 26.8 Å². The summed E-state index contributed by atoms with van der Waals surface area (Å²) in [4.78, 5) is 11.0. The zero-order valence-corrected chi connectivity index (χ0v) is 11.1. The summed E-state index contributed by atoms with van der Waals surface area (Å²) in [7, 11) is -4.00. The number of esters is 1. The number of phosphoric acid groups is 1. The molecule has 0 radical (unpaired) electrons. The van der Waals surface area contributed by atoms with Gasteiger partial charge in [0.2, 0.25) is 0 Å². The number of ether oxygens (including phenoxy) is 1. The molecule has 0 bridgehead atoms. The Morgan fingerprint density at radius 3 is 2.31 bits per heavy atom. The minimum Gasteiger partial charge on any atom is -0.460 e. The molecule has 9 heteroatoms. The molecule has 0 aliphatic heterocycles. The molecule has 0 saturated heterocycles. The molecule has 0 aliphatic rings. The van der Waals surface area contributed by atoms with Gasteiger partial charge in [0.05, 0.1) is 23.7 Å². The van der Waals surface area contributed by atoms with Crippen LogP contribution in [0, 0.1) is 0 Å². The van der Waals surface area contributed by atoms with Gasteiger partial charge in [0.1, 0.15) is 12.7 Å². The van der Waals surface area contributed by atoms with E-state index >= 15 is 0 Å².